The zero-order valence-electron chi connectivity index (χ0n) is 10.8. The van der Waals surface area contributed by atoms with Crippen molar-refractivity contribution >= 4 is 26.7 Å². The number of aliphatic hydroxyl groups is 1. The lowest BCUT2D eigenvalue weighted by atomic mass is 9.84. The molecule has 18 heavy (non-hydrogen) atoms. The third-order valence-corrected chi connectivity index (χ3v) is 3.74. The molecule has 0 radical (unpaired) electrons. The number of fused-ring (bicyclic) bond motifs is 1. The van der Waals surface area contributed by atoms with E-state index in [4.69, 9.17) is 4.74 Å². The highest BCUT2D eigenvalue weighted by molar-refractivity contribution is 9.10. The monoisotopic (exact) mass is 308 g/mol. The zero-order valence-corrected chi connectivity index (χ0v) is 12.4. The Morgan fingerprint density at radius 3 is 2.50 bits per heavy atom. The van der Waals surface area contributed by atoms with Gasteiger partial charge in [0.1, 0.15) is 5.75 Å². The van der Waals surface area contributed by atoms with E-state index in [2.05, 4.69) is 34.1 Å². The van der Waals surface area contributed by atoms with Crippen LogP contribution in [0.2, 0.25) is 0 Å². The minimum Gasteiger partial charge on any atom is -0.496 e. The van der Waals surface area contributed by atoms with Crippen LogP contribution < -0.4 is 4.74 Å². The first-order valence-corrected chi connectivity index (χ1v) is 6.66. The van der Waals surface area contributed by atoms with Gasteiger partial charge in [-0.2, -0.15) is 0 Å². The van der Waals surface area contributed by atoms with Gasteiger partial charge in [-0.25, -0.2) is 0 Å². The fourth-order valence-electron chi connectivity index (χ4n) is 2.03. The highest BCUT2D eigenvalue weighted by atomic mass is 79.9. The summed E-state index contributed by atoms with van der Waals surface area (Å²) in [6.07, 6.45) is 0. The predicted molar refractivity (Wildman–Crippen MR) is 78.3 cm³/mol. The number of rotatable bonds is 3. The highest BCUT2D eigenvalue weighted by Crippen LogP contribution is 2.35. The number of benzene rings is 2. The Kier molecular flexibility index (Phi) is 3.64. The Labute approximate surface area is 116 Å². The second-order valence-electron chi connectivity index (χ2n) is 5.09. The van der Waals surface area contributed by atoms with Gasteiger partial charge in [0, 0.05) is 15.5 Å². The maximum atomic E-state index is 9.53. The lowest BCUT2D eigenvalue weighted by Gasteiger charge is -2.25. The van der Waals surface area contributed by atoms with Crippen LogP contribution in [0.3, 0.4) is 0 Å². The van der Waals surface area contributed by atoms with Crippen LogP contribution in [0, 0.1) is 0 Å². The number of ether oxygens (including phenoxy) is 1. The largest absolute Gasteiger partial charge is 0.496 e. The van der Waals surface area contributed by atoms with E-state index >= 15 is 0 Å². The average molecular weight is 309 g/mol. The molecular weight excluding hydrogens is 292 g/mol. The van der Waals surface area contributed by atoms with Crippen LogP contribution in [0.4, 0.5) is 0 Å². The van der Waals surface area contributed by atoms with E-state index < -0.39 is 0 Å². The molecule has 2 nitrogen and oxygen atoms in total. The average Bonchev–Trinajstić information content (AvgIpc) is 2.37. The Morgan fingerprint density at radius 1 is 1.17 bits per heavy atom. The minimum absolute atomic E-state index is 0.0862. The Bertz CT molecular complexity index is 576. The lowest BCUT2D eigenvalue weighted by molar-refractivity contribution is 0.215. The van der Waals surface area contributed by atoms with Crippen molar-refractivity contribution in [3.05, 3.63) is 40.4 Å². The smallest absolute Gasteiger partial charge is 0.123 e. The maximum Gasteiger partial charge on any atom is 0.123 e. The summed E-state index contributed by atoms with van der Waals surface area (Å²) in [4.78, 5) is 0. The second-order valence-corrected chi connectivity index (χ2v) is 6.00. The van der Waals surface area contributed by atoms with Crippen LogP contribution in [-0.4, -0.2) is 18.8 Å². The topological polar surface area (TPSA) is 29.5 Å². The van der Waals surface area contributed by atoms with Crippen molar-refractivity contribution in [3.8, 4) is 5.75 Å². The SMILES string of the molecule is COc1cc2ccc(Br)cc2cc1C(C)(C)CO. The van der Waals surface area contributed by atoms with E-state index in [0.29, 0.717) is 0 Å². The van der Waals surface area contributed by atoms with Crippen LogP contribution in [0.5, 0.6) is 5.75 Å². The summed E-state index contributed by atoms with van der Waals surface area (Å²) in [6.45, 7) is 4.10. The molecule has 1 N–H and O–H groups in total. The number of halogens is 1. The van der Waals surface area contributed by atoms with Crippen molar-refractivity contribution in [1.29, 1.82) is 0 Å². The van der Waals surface area contributed by atoms with Crippen LogP contribution in [0.15, 0.2) is 34.8 Å². The molecule has 0 heterocycles. The van der Waals surface area contributed by atoms with Gasteiger partial charge < -0.3 is 9.84 Å². The van der Waals surface area contributed by atoms with Crippen molar-refractivity contribution in [3.63, 3.8) is 0 Å². The zero-order chi connectivity index (χ0) is 13.3. The number of methoxy groups -OCH3 is 1. The van der Waals surface area contributed by atoms with E-state index in [1.54, 1.807) is 7.11 Å². The summed E-state index contributed by atoms with van der Waals surface area (Å²) < 4.78 is 6.50. The summed E-state index contributed by atoms with van der Waals surface area (Å²) in [5.74, 6) is 0.823. The van der Waals surface area contributed by atoms with Crippen molar-refractivity contribution in [1.82, 2.24) is 0 Å². The predicted octanol–water partition coefficient (Wildman–Crippen LogP) is 3.88. The van der Waals surface area contributed by atoms with Crippen molar-refractivity contribution < 1.29 is 9.84 Å². The van der Waals surface area contributed by atoms with E-state index in [1.165, 1.54) is 0 Å². The molecule has 0 aromatic heterocycles. The first-order valence-electron chi connectivity index (χ1n) is 5.86. The van der Waals surface area contributed by atoms with Gasteiger partial charge in [-0.15, -0.1) is 0 Å². The summed E-state index contributed by atoms with van der Waals surface area (Å²) in [5.41, 5.74) is 0.708. The molecule has 0 unspecified atom stereocenters. The number of hydrogen-bond acceptors (Lipinski definition) is 2. The third kappa shape index (κ3) is 2.38. The van der Waals surface area contributed by atoms with E-state index in [1.807, 2.05) is 26.0 Å². The first-order chi connectivity index (χ1) is 8.47. The molecule has 0 fully saturated rings. The number of hydrogen-bond donors (Lipinski definition) is 1. The Morgan fingerprint density at radius 2 is 1.89 bits per heavy atom. The summed E-state index contributed by atoms with van der Waals surface area (Å²) in [5, 5.41) is 11.8. The third-order valence-electron chi connectivity index (χ3n) is 3.25. The summed E-state index contributed by atoms with van der Waals surface area (Å²) >= 11 is 3.48. The fourth-order valence-corrected chi connectivity index (χ4v) is 2.41. The molecule has 0 saturated heterocycles. The molecule has 3 heteroatoms. The molecular formula is C15H17BrO2. The molecule has 0 amide bonds. The second kappa shape index (κ2) is 4.90. The molecule has 2 aromatic rings. The quantitative estimate of drug-likeness (QED) is 0.932. The minimum atomic E-state index is -0.318. The van der Waals surface area contributed by atoms with E-state index in [-0.39, 0.29) is 12.0 Å². The van der Waals surface area contributed by atoms with Gasteiger partial charge in [-0.1, -0.05) is 35.8 Å². The number of aliphatic hydroxyl groups excluding tert-OH is 1. The van der Waals surface area contributed by atoms with Crippen molar-refractivity contribution in [2.24, 2.45) is 0 Å². The molecule has 0 saturated carbocycles. The van der Waals surface area contributed by atoms with Gasteiger partial charge in [0.2, 0.25) is 0 Å². The lowest BCUT2D eigenvalue weighted by Crippen LogP contribution is -2.22. The van der Waals surface area contributed by atoms with E-state index in [9.17, 15) is 5.11 Å². The summed E-state index contributed by atoms with van der Waals surface area (Å²) in [7, 11) is 1.66. The van der Waals surface area contributed by atoms with Crippen LogP contribution in [-0.2, 0) is 5.41 Å². The summed E-state index contributed by atoms with van der Waals surface area (Å²) in [6, 6.07) is 10.3. The molecule has 0 spiro atoms. The fraction of sp³-hybridized carbons (Fsp3) is 0.333. The molecule has 96 valence electrons. The Hall–Kier alpha value is -1.06. The van der Waals surface area contributed by atoms with Gasteiger partial charge in [0.15, 0.2) is 0 Å². The highest BCUT2D eigenvalue weighted by Gasteiger charge is 2.24. The normalized spacial score (nSPS) is 11.8. The molecule has 2 rings (SSSR count). The molecule has 0 atom stereocenters. The van der Waals surface area contributed by atoms with Crippen molar-refractivity contribution in [2.75, 3.05) is 13.7 Å². The standard InChI is InChI=1S/C15H17BrO2/c1-15(2,9-17)13-7-11-6-12(16)5-4-10(11)8-14(13)18-3/h4-8,17H,9H2,1-3H3. The molecule has 0 aliphatic rings. The van der Waals surface area contributed by atoms with Crippen molar-refractivity contribution in [2.45, 2.75) is 19.3 Å². The van der Waals surface area contributed by atoms with E-state index in [0.717, 1.165) is 26.6 Å². The molecule has 2 aromatic carbocycles. The van der Waals surface area contributed by atoms with Gasteiger partial charge in [0.05, 0.1) is 13.7 Å². The molecule has 0 bridgehead atoms. The van der Waals surface area contributed by atoms with Gasteiger partial charge in [0.25, 0.3) is 0 Å². The molecule has 0 aliphatic carbocycles. The van der Waals surface area contributed by atoms with Crippen LogP contribution >= 0.6 is 15.9 Å². The Balaban J connectivity index is 2.71. The van der Waals surface area contributed by atoms with Gasteiger partial charge in [-0.05, 0) is 35.0 Å². The van der Waals surface area contributed by atoms with Crippen LogP contribution in [0.1, 0.15) is 19.4 Å². The maximum absolute atomic E-state index is 9.53. The van der Waals surface area contributed by atoms with Gasteiger partial charge in [-0.3, -0.25) is 0 Å². The first kappa shape index (κ1) is 13.4. The van der Waals surface area contributed by atoms with Crippen LogP contribution in [0.25, 0.3) is 10.8 Å². The molecule has 0 aliphatic heterocycles. The van der Waals surface area contributed by atoms with Gasteiger partial charge >= 0.3 is 0 Å².